The minimum atomic E-state index is -0.319. The van der Waals surface area contributed by atoms with Gasteiger partial charge in [0.05, 0.1) is 0 Å². The van der Waals surface area contributed by atoms with Gasteiger partial charge >= 0.3 is 0 Å². The molecule has 1 saturated heterocycles. The number of anilines is 2. The highest BCUT2D eigenvalue weighted by molar-refractivity contribution is 6.04. The molecule has 0 radical (unpaired) electrons. The van der Waals surface area contributed by atoms with Gasteiger partial charge in [-0.1, -0.05) is 6.07 Å². The van der Waals surface area contributed by atoms with Crippen LogP contribution in [-0.4, -0.2) is 41.9 Å². The quantitative estimate of drug-likeness (QED) is 0.889. The van der Waals surface area contributed by atoms with Crippen LogP contribution >= 0.6 is 0 Å². The second-order valence-electron chi connectivity index (χ2n) is 6.00. The molecule has 7 heteroatoms. The van der Waals surface area contributed by atoms with E-state index in [1.807, 2.05) is 6.92 Å². The molecule has 0 aliphatic carbocycles. The minimum absolute atomic E-state index is 0.203. The number of nitrogens with zero attached hydrogens (tertiary/aromatic N) is 3. The van der Waals surface area contributed by atoms with Gasteiger partial charge in [0.15, 0.2) is 0 Å². The summed E-state index contributed by atoms with van der Waals surface area (Å²) in [5.41, 5.74) is 2.10. The third-order valence-electron chi connectivity index (χ3n) is 4.07. The molecule has 1 aromatic heterocycles. The molecule has 0 spiro atoms. The first-order valence-corrected chi connectivity index (χ1v) is 8.31. The number of aryl methyl sites for hydroxylation is 1. The summed E-state index contributed by atoms with van der Waals surface area (Å²) in [5, 5.41) is 5.36. The van der Waals surface area contributed by atoms with Gasteiger partial charge in [-0.15, -0.1) is 0 Å². The molecule has 7 nitrogen and oxygen atoms in total. The Morgan fingerprint density at radius 2 is 1.84 bits per heavy atom. The van der Waals surface area contributed by atoms with Crippen LogP contribution in [0.5, 0.6) is 0 Å². The van der Waals surface area contributed by atoms with E-state index in [0.717, 1.165) is 31.6 Å². The number of amides is 2. The Balaban J connectivity index is 1.80. The van der Waals surface area contributed by atoms with Gasteiger partial charge in [0.2, 0.25) is 5.95 Å². The molecule has 2 aromatic rings. The van der Waals surface area contributed by atoms with Crippen molar-refractivity contribution in [3.05, 3.63) is 47.3 Å². The summed E-state index contributed by atoms with van der Waals surface area (Å²) in [6.07, 6.45) is 2.23. The molecular weight excluding hydrogens is 318 g/mol. The maximum absolute atomic E-state index is 12.6. The van der Waals surface area contributed by atoms with Gasteiger partial charge in [-0.3, -0.25) is 9.59 Å². The summed E-state index contributed by atoms with van der Waals surface area (Å²) in [7, 11) is 1.57. The van der Waals surface area contributed by atoms with Crippen LogP contribution in [0.15, 0.2) is 30.3 Å². The van der Waals surface area contributed by atoms with Crippen LogP contribution < -0.4 is 15.5 Å². The maximum atomic E-state index is 12.6. The second-order valence-corrected chi connectivity index (χ2v) is 6.00. The summed E-state index contributed by atoms with van der Waals surface area (Å²) in [5.74, 6) is 0.0760. The summed E-state index contributed by atoms with van der Waals surface area (Å²) in [6, 6.07) is 8.44. The van der Waals surface area contributed by atoms with Crippen LogP contribution in [0, 0.1) is 6.92 Å². The molecule has 1 fully saturated rings. The van der Waals surface area contributed by atoms with E-state index in [9.17, 15) is 9.59 Å². The molecular formula is C18H21N5O2. The predicted molar refractivity (Wildman–Crippen MR) is 96.0 cm³/mol. The number of hydrogen-bond acceptors (Lipinski definition) is 5. The van der Waals surface area contributed by atoms with Crippen molar-refractivity contribution in [2.45, 2.75) is 19.8 Å². The first kappa shape index (κ1) is 16.9. The fourth-order valence-electron chi connectivity index (χ4n) is 2.81. The van der Waals surface area contributed by atoms with E-state index in [0.29, 0.717) is 22.9 Å². The molecule has 1 aliphatic rings. The van der Waals surface area contributed by atoms with Gasteiger partial charge in [-0.05, 0) is 44.0 Å². The number of aromatic nitrogens is 2. The van der Waals surface area contributed by atoms with Crippen LogP contribution in [-0.2, 0) is 0 Å². The Hall–Kier alpha value is -2.96. The third kappa shape index (κ3) is 3.93. The van der Waals surface area contributed by atoms with Crippen molar-refractivity contribution in [2.75, 3.05) is 30.4 Å². The van der Waals surface area contributed by atoms with Crippen molar-refractivity contribution >= 4 is 23.5 Å². The van der Waals surface area contributed by atoms with E-state index < -0.39 is 0 Å². The first-order valence-electron chi connectivity index (χ1n) is 8.31. The number of nitrogens with one attached hydrogen (secondary N) is 2. The maximum Gasteiger partial charge on any atom is 0.274 e. The van der Waals surface area contributed by atoms with Gasteiger partial charge in [0.25, 0.3) is 11.8 Å². The average molecular weight is 339 g/mol. The molecule has 1 aliphatic heterocycles. The molecule has 0 saturated carbocycles. The Kier molecular flexibility index (Phi) is 4.92. The van der Waals surface area contributed by atoms with Gasteiger partial charge in [-0.25, -0.2) is 9.97 Å². The topological polar surface area (TPSA) is 87.2 Å². The van der Waals surface area contributed by atoms with E-state index in [-0.39, 0.29) is 11.8 Å². The lowest BCUT2D eigenvalue weighted by molar-refractivity contribution is 0.0961. The molecule has 0 bridgehead atoms. The second kappa shape index (κ2) is 7.29. The molecule has 0 atom stereocenters. The Morgan fingerprint density at radius 1 is 1.08 bits per heavy atom. The Bertz CT molecular complexity index is 800. The molecule has 2 heterocycles. The van der Waals surface area contributed by atoms with Gasteiger partial charge < -0.3 is 15.5 Å². The van der Waals surface area contributed by atoms with E-state index >= 15 is 0 Å². The van der Waals surface area contributed by atoms with Gasteiger partial charge in [-0.2, -0.15) is 0 Å². The standard InChI is InChI=1S/C18H21N5O2/c1-12-10-15(22-18(20-12)23-8-3-4-9-23)17(25)21-14-7-5-6-13(11-14)16(24)19-2/h5-7,10-11H,3-4,8-9H2,1-2H3,(H,19,24)(H,21,25). The van der Waals surface area contributed by atoms with Crippen molar-refractivity contribution in [3.63, 3.8) is 0 Å². The lowest BCUT2D eigenvalue weighted by Crippen LogP contribution is -2.23. The number of hydrogen-bond donors (Lipinski definition) is 2. The van der Waals surface area contributed by atoms with Crippen molar-refractivity contribution in [1.82, 2.24) is 15.3 Å². The predicted octanol–water partition coefficient (Wildman–Crippen LogP) is 2.00. The van der Waals surface area contributed by atoms with Crippen molar-refractivity contribution < 1.29 is 9.59 Å². The smallest absolute Gasteiger partial charge is 0.274 e. The van der Waals surface area contributed by atoms with Crippen LogP contribution in [0.25, 0.3) is 0 Å². The highest BCUT2D eigenvalue weighted by atomic mass is 16.2. The summed E-state index contributed by atoms with van der Waals surface area (Å²) < 4.78 is 0. The fourth-order valence-corrected chi connectivity index (χ4v) is 2.81. The number of rotatable bonds is 4. The number of carbonyl (C=O) groups is 2. The van der Waals surface area contributed by atoms with Crippen LogP contribution in [0.1, 0.15) is 39.4 Å². The van der Waals surface area contributed by atoms with Crippen molar-refractivity contribution in [1.29, 1.82) is 0 Å². The number of carbonyl (C=O) groups excluding carboxylic acids is 2. The molecule has 2 N–H and O–H groups in total. The molecule has 1 aromatic carbocycles. The molecule has 3 rings (SSSR count). The normalized spacial score (nSPS) is 13.6. The molecule has 130 valence electrons. The highest BCUT2D eigenvalue weighted by Crippen LogP contribution is 2.18. The van der Waals surface area contributed by atoms with Crippen LogP contribution in [0.2, 0.25) is 0 Å². The Labute approximate surface area is 146 Å². The van der Waals surface area contributed by atoms with E-state index in [1.165, 1.54) is 0 Å². The van der Waals surface area contributed by atoms with Gasteiger partial charge in [0, 0.05) is 37.1 Å². The number of benzene rings is 1. The van der Waals surface area contributed by atoms with Crippen LogP contribution in [0.3, 0.4) is 0 Å². The van der Waals surface area contributed by atoms with E-state index in [2.05, 4.69) is 25.5 Å². The third-order valence-corrected chi connectivity index (χ3v) is 4.07. The highest BCUT2D eigenvalue weighted by Gasteiger charge is 2.18. The minimum Gasteiger partial charge on any atom is -0.355 e. The summed E-state index contributed by atoms with van der Waals surface area (Å²) in [6.45, 7) is 3.68. The Morgan fingerprint density at radius 3 is 2.56 bits per heavy atom. The molecule has 25 heavy (non-hydrogen) atoms. The van der Waals surface area contributed by atoms with Crippen LogP contribution in [0.4, 0.5) is 11.6 Å². The summed E-state index contributed by atoms with van der Waals surface area (Å²) in [4.78, 5) is 35.2. The van der Waals surface area contributed by atoms with Gasteiger partial charge in [0.1, 0.15) is 5.69 Å². The van der Waals surface area contributed by atoms with E-state index in [1.54, 1.807) is 37.4 Å². The van der Waals surface area contributed by atoms with Crippen molar-refractivity contribution in [3.8, 4) is 0 Å². The zero-order valence-electron chi connectivity index (χ0n) is 14.4. The molecule has 2 amide bonds. The lowest BCUT2D eigenvalue weighted by Gasteiger charge is -2.16. The molecule has 0 unspecified atom stereocenters. The largest absolute Gasteiger partial charge is 0.355 e. The SMILES string of the molecule is CNC(=O)c1cccc(NC(=O)c2cc(C)nc(N3CCCC3)n2)c1. The first-order chi connectivity index (χ1) is 12.1. The lowest BCUT2D eigenvalue weighted by atomic mass is 10.2. The zero-order valence-corrected chi connectivity index (χ0v) is 14.4. The fraction of sp³-hybridized carbons (Fsp3) is 0.333. The zero-order chi connectivity index (χ0) is 17.8. The van der Waals surface area contributed by atoms with Crippen molar-refractivity contribution in [2.24, 2.45) is 0 Å². The summed E-state index contributed by atoms with van der Waals surface area (Å²) >= 11 is 0. The van der Waals surface area contributed by atoms with E-state index in [4.69, 9.17) is 0 Å². The monoisotopic (exact) mass is 339 g/mol. The average Bonchev–Trinajstić information content (AvgIpc) is 3.15.